The van der Waals surface area contributed by atoms with Crippen LogP contribution in [0.15, 0.2) is 0 Å². The number of hydrogen-bond donors (Lipinski definition) is 1. The molecule has 0 aromatic heterocycles. The highest BCUT2D eigenvalue weighted by atomic mass is 15.3. The molecule has 0 aromatic carbocycles. The molecular formula is C17H35N3. The standard InChI is InChI=1S/C17H35N3/c1-16(2)14-20-12-10-19(11-13-20)9-8-17(15-18)6-4-3-5-7-17/h16H,3-15,18H2,1-2H3. The number of hydrogen-bond acceptors (Lipinski definition) is 3. The van der Waals surface area contributed by atoms with E-state index in [0.717, 1.165) is 12.5 Å². The second kappa shape index (κ2) is 7.77. The van der Waals surface area contributed by atoms with Crippen LogP contribution >= 0.6 is 0 Å². The Hall–Kier alpha value is -0.120. The summed E-state index contributed by atoms with van der Waals surface area (Å²) in [6.07, 6.45) is 8.30. The zero-order valence-corrected chi connectivity index (χ0v) is 13.7. The molecule has 0 aromatic rings. The zero-order valence-electron chi connectivity index (χ0n) is 13.7. The molecule has 2 fully saturated rings. The molecule has 1 aliphatic heterocycles. The van der Waals surface area contributed by atoms with Gasteiger partial charge in [0.2, 0.25) is 0 Å². The summed E-state index contributed by atoms with van der Waals surface area (Å²) in [5.74, 6) is 0.796. The molecule has 2 aliphatic rings. The van der Waals surface area contributed by atoms with Gasteiger partial charge in [0.25, 0.3) is 0 Å². The summed E-state index contributed by atoms with van der Waals surface area (Å²) < 4.78 is 0. The van der Waals surface area contributed by atoms with Gasteiger partial charge in [0, 0.05) is 32.7 Å². The quantitative estimate of drug-likeness (QED) is 0.812. The van der Waals surface area contributed by atoms with Gasteiger partial charge < -0.3 is 15.5 Å². The van der Waals surface area contributed by atoms with Gasteiger partial charge in [-0.15, -0.1) is 0 Å². The van der Waals surface area contributed by atoms with E-state index in [1.165, 1.54) is 77.8 Å². The summed E-state index contributed by atoms with van der Waals surface area (Å²) in [5.41, 5.74) is 6.58. The molecule has 3 nitrogen and oxygen atoms in total. The van der Waals surface area contributed by atoms with Gasteiger partial charge in [0.1, 0.15) is 0 Å². The van der Waals surface area contributed by atoms with Crippen molar-refractivity contribution in [3.05, 3.63) is 0 Å². The van der Waals surface area contributed by atoms with E-state index in [-0.39, 0.29) is 0 Å². The Balaban J connectivity index is 1.70. The van der Waals surface area contributed by atoms with Crippen LogP contribution in [-0.2, 0) is 0 Å². The monoisotopic (exact) mass is 281 g/mol. The lowest BCUT2D eigenvalue weighted by Crippen LogP contribution is -2.48. The Morgan fingerprint density at radius 3 is 2.10 bits per heavy atom. The van der Waals surface area contributed by atoms with Crippen molar-refractivity contribution in [2.75, 3.05) is 45.8 Å². The van der Waals surface area contributed by atoms with Gasteiger partial charge in [-0.1, -0.05) is 33.1 Å². The smallest absolute Gasteiger partial charge is 0.0110 e. The van der Waals surface area contributed by atoms with Gasteiger partial charge >= 0.3 is 0 Å². The number of nitrogens with two attached hydrogens (primary N) is 1. The number of nitrogens with zero attached hydrogens (tertiary/aromatic N) is 2. The molecule has 0 spiro atoms. The lowest BCUT2D eigenvalue weighted by atomic mass is 9.72. The summed E-state index contributed by atoms with van der Waals surface area (Å²) >= 11 is 0. The molecule has 2 N–H and O–H groups in total. The normalized spacial score (nSPS) is 25.2. The number of piperazine rings is 1. The van der Waals surface area contributed by atoms with Gasteiger partial charge in [-0.25, -0.2) is 0 Å². The second-order valence-corrected chi connectivity index (χ2v) is 7.55. The summed E-state index contributed by atoms with van der Waals surface area (Å²) in [4.78, 5) is 5.29. The maximum Gasteiger partial charge on any atom is 0.0110 e. The Bertz CT molecular complexity index is 263. The van der Waals surface area contributed by atoms with Gasteiger partial charge in [-0.2, -0.15) is 0 Å². The highest BCUT2D eigenvalue weighted by Crippen LogP contribution is 2.38. The molecule has 3 heteroatoms. The summed E-state index contributed by atoms with van der Waals surface area (Å²) in [6, 6.07) is 0. The van der Waals surface area contributed by atoms with Gasteiger partial charge in [0.05, 0.1) is 0 Å². The first-order valence-electron chi connectivity index (χ1n) is 8.78. The molecule has 1 saturated heterocycles. The Kier molecular flexibility index (Phi) is 6.31. The first-order valence-corrected chi connectivity index (χ1v) is 8.78. The lowest BCUT2D eigenvalue weighted by molar-refractivity contribution is 0.0952. The predicted octanol–water partition coefficient (Wildman–Crippen LogP) is 2.56. The van der Waals surface area contributed by atoms with E-state index in [2.05, 4.69) is 23.6 Å². The molecule has 1 saturated carbocycles. The number of rotatable bonds is 6. The fourth-order valence-corrected chi connectivity index (χ4v) is 3.97. The highest BCUT2D eigenvalue weighted by Gasteiger charge is 2.31. The van der Waals surface area contributed by atoms with Crippen molar-refractivity contribution in [1.29, 1.82) is 0 Å². The molecule has 118 valence electrons. The SMILES string of the molecule is CC(C)CN1CCN(CCC2(CN)CCCCC2)CC1. The molecule has 20 heavy (non-hydrogen) atoms. The van der Waals surface area contributed by atoms with Crippen molar-refractivity contribution in [3.63, 3.8) is 0 Å². The molecule has 1 heterocycles. The average molecular weight is 281 g/mol. The zero-order chi connectivity index (χ0) is 14.4. The largest absolute Gasteiger partial charge is 0.330 e. The Labute approximate surface area is 125 Å². The van der Waals surface area contributed by atoms with Crippen LogP contribution in [0.25, 0.3) is 0 Å². The van der Waals surface area contributed by atoms with Crippen molar-refractivity contribution in [2.24, 2.45) is 17.1 Å². The van der Waals surface area contributed by atoms with Crippen LogP contribution in [0.1, 0.15) is 52.4 Å². The third-order valence-corrected chi connectivity index (χ3v) is 5.39. The third-order valence-electron chi connectivity index (χ3n) is 5.39. The van der Waals surface area contributed by atoms with E-state index in [0.29, 0.717) is 5.41 Å². The minimum absolute atomic E-state index is 0.479. The molecule has 0 amide bonds. The predicted molar refractivity (Wildman–Crippen MR) is 86.9 cm³/mol. The van der Waals surface area contributed by atoms with E-state index in [9.17, 15) is 0 Å². The summed E-state index contributed by atoms with van der Waals surface area (Å²) in [7, 11) is 0. The maximum atomic E-state index is 6.10. The fourth-order valence-electron chi connectivity index (χ4n) is 3.97. The van der Waals surface area contributed by atoms with Crippen LogP contribution in [0.3, 0.4) is 0 Å². The second-order valence-electron chi connectivity index (χ2n) is 7.55. The van der Waals surface area contributed by atoms with Crippen LogP contribution in [0.5, 0.6) is 0 Å². The van der Waals surface area contributed by atoms with Crippen LogP contribution in [0.2, 0.25) is 0 Å². The minimum atomic E-state index is 0.479. The molecule has 0 bridgehead atoms. The third kappa shape index (κ3) is 4.71. The van der Waals surface area contributed by atoms with E-state index < -0.39 is 0 Å². The van der Waals surface area contributed by atoms with Crippen LogP contribution in [-0.4, -0.2) is 55.6 Å². The van der Waals surface area contributed by atoms with Gasteiger partial charge in [-0.3, -0.25) is 0 Å². The molecule has 0 radical (unpaired) electrons. The molecule has 1 aliphatic carbocycles. The molecule has 2 rings (SSSR count). The Morgan fingerprint density at radius 2 is 1.55 bits per heavy atom. The van der Waals surface area contributed by atoms with Gasteiger partial charge in [-0.05, 0) is 43.7 Å². The van der Waals surface area contributed by atoms with Crippen molar-refractivity contribution < 1.29 is 0 Å². The van der Waals surface area contributed by atoms with Crippen LogP contribution in [0, 0.1) is 11.3 Å². The fraction of sp³-hybridized carbons (Fsp3) is 1.00. The Morgan fingerprint density at radius 1 is 0.950 bits per heavy atom. The molecule has 0 atom stereocenters. The highest BCUT2D eigenvalue weighted by molar-refractivity contribution is 4.85. The topological polar surface area (TPSA) is 32.5 Å². The minimum Gasteiger partial charge on any atom is -0.330 e. The molecular weight excluding hydrogens is 246 g/mol. The van der Waals surface area contributed by atoms with Gasteiger partial charge in [0.15, 0.2) is 0 Å². The van der Waals surface area contributed by atoms with E-state index >= 15 is 0 Å². The van der Waals surface area contributed by atoms with E-state index in [1.807, 2.05) is 0 Å². The lowest BCUT2D eigenvalue weighted by Gasteiger charge is -2.40. The first-order chi connectivity index (χ1) is 9.63. The van der Waals surface area contributed by atoms with Crippen molar-refractivity contribution in [3.8, 4) is 0 Å². The van der Waals surface area contributed by atoms with Crippen LogP contribution < -0.4 is 5.73 Å². The average Bonchev–Trinajstić information content (AvgIpc) is 2.47. The van der Waals surface area contributed by atoms with E-state index in [1.54, 1.807) is 0 Å². The maximum absolute atomic E-state index is 6.10. The van der Waals surface area contributed by atoms with E-state index in [4.69, 9.17) is 5.73 Å². The first kappa shape index (κ1) is 16.3. The van der Waals surface area contributed by atoms with Crippen LogP contribution in [0.4, 0.5) is 0 Å². The van der Waals surface area contributed by atoms with Crippen molar-refractivity contribution >= 4 is 0 Å². The summed E-state index contributed by atoms with van der Waals surface area (Å²) in [6.45, 7) is 13.1. The van der Waals surface area contributed by atoms with Crippen molar-refractivity contribution in [1.82, 2.24) is 9.80 Å². The summed E-state index contributed by atoms with van der Waals surface area (Å²) in [5, 5.41) is 0. The molecule has 0 unspecified atom stereocenters. The van der Waals surface area contributed by atoms with Crippen molar-refractivity contribution in [2.45, 2.75) is 52.4 Å².